The normalized spacial score (nSPS) is 12.1. The average molecular weight is 268 g/mol. The molecule has 1 aromatic heterocycles. The molecule has 1 aromatic rings. The number of hydrogen-bond acceptors (Lipinski definition) is 6. The zero-order valence-electron chi connectivity index (χ0n) is 10.5. The van der Waals surface area contributed by atoms with Gasteiger partial charge in [-0.15, -0.1) is 0 Å². The van der Waals surface area contributed by atoms with Gasteiger partial charge in [0.15, 0.2) is 5.17 Å². The monoisotopic (exact) mass is 268 g/mol. The maximum absolute atomic E-state index is 9.86. The summed E-state index contributed by atoms with van der Waals surface area (Å²) in [6, 6.07) is 0. The number of aryl methyl sites for hydroxylation is 1. The highest BCUT2D eigenvalue weighted by molar-refractivity contribution is 8.13. The van der Waals surface area contributed by atoms with Gasteiger partial charge in [-0.3, -0.25) is 15.4 Å². The summed E-state index contributed by atoms with van der Waals surface area (Å²) in [5, 5.41) is 23.7. The number of aliphatic hydroxyl groups is 1. The van der Waals surface area contributed by atoms with E-state index in [0.717, 1.165) is 0 Å². The summed E-state index contributed by atoms with van der Waals surface area (Å²) in [5.74, 6) is 0.0197. The van der Waals surface area contributed by atoms with Crippen molar-refractivity contribution in [3.8, 4) is 5.75 Å². The number of aromatic hydroxyl groups is 1. The molecule has 0 amide bonds. The zero-order valence-corrected chi connectivity index (χ0v) is 11.3. The van der Waals surface area contributed by atoms with E-state index in [2.05, 4.69) is 20.5 Å². The molecule has 0 bridgehead atoms. The van der Waals surface area contributed by atoms with Crippen molar-refractivity contribution in [1.82, 2.24) is 10.4 Å². The van der Waals surface area contributed by atoms with Gasteiger partial charge >= 0.3 is 0 Å². The summed E-state index contributed by atoms with van der Waals surface area (Å²) in [7, 11) is 1.65. The van der Waals surface area contributed by atoms with E-state index in [1.54, 1.807) is 14.0 Å². The van der Waals surface area contributed by atoms with Crippen molar-refractivity contribution in [2.24, 2.45) is 10.1 Å². The number of amidine groups is 1. The van der Waals surface area contributed by atoms with Crippen LogP contribution < -0.4 is 5.43 Å². The Balaban J connectivity index is 2.96. The number of aliphatic hydroxyl groups excluding tert-OH is 1. The van der Waals surface area contributed by atoms with Crippen molar-refractivity contribution in [2.75, 3.05) is 13.3 Å². The topological polar surface area (TPSA) is 90.1 Å². The number of aliphatic imine (C=N–C) groups is 1. The molecule has 0 unspecified atom stereocenters. The number of hydrogen-bond donors (Lipinski definition) is 3. The van der Waals surface area contributed by atoms with Crippen LogP contribution in [0.15, 0.2) is 16.3 Å². The zero-order chi connectivity index (χ0) is 13.5. The largest absolute Gasteiger partial charge is 0.505 e. The molecule has 7 heteroatoms. The minimum absolute atomic E-state index is 0.0197. The number of hydrazone groups is 1. The summed E-state index contributed by atoms with van der Waals surface area (Å²) in [6.45, 7) is 1.47. The molecule has 18 heavy (non-hydrogen) atoms. The number of pyridine rings is 1. The van der Waals surface area contributed by atoms with Gasteiger partial charge in [0.05, 0.1) is 18.5 Å². The van der Waals surface area contributed by atoms with Gasteiger partial charge in [0.25, 0.3) is 0 Å². The quantitative estimate of drug-likeness (QED) is 0.430. The van der Waals surface area contributed by atoms with Crippen LogP contribution in [0.4, 0.5) is 0 Å². The van der Waals surface area contributed by atoms with Gasteiger partial charge < -0.3 is 10.2 Å². The molecule has 0 aromatic carbocycles. The van der Waals surface area contributed by atoms with E-state index < -0.39 is 0 Å². The van der Waals surface area contributed by atoms with Crippen LogP contribution in [0, 0.1) is 6.92 Å². The third-order valence-corrected chi connectivity index (χ3v) is 2.94. The van der Waals surface area contributed by atoms with Gasteiger partial charge in [0.1, 0.15) is 5.75 Å². The molecular formula is C11H16N4O2S. The van der Waals surface area contributed by atoms with E-state index >= 15 is 0 Å². The molecule has 0 atom stereocenters. The van der Waals surface area contributed by atoms with Crippen LogP contribution in [0.1, 0.15) is 16.8 Å². The first-order valence-electron chi connectivity index (χ1n) is 5.22. The Morgan fingerprint density at radius 1 is 1.61 bits per heavy atom. The van der Waals surface area contributed by atoms with Crippen LogP contribution >= 0.6 is 11.8 Å². The Kier molecular flexibility index (Phi) is 5.60. The molecule has 98 valence electrons. The van der Waals surface area contributed by atoms with Crippen molar-refractivity contribution in [3.05, 3.63) is 23.0 Å². The maximum atomic E-state index is 9.86. The van der Waals surface area contributed by atoms with Crippen molar-refractivity contribution in [1.29, 1.82) is 0 Å². The van der Waals surface area contributed by atoms with Crippen molar-refractivity contribution in [3.63, 3.8) is 0 Å². The predicted molar refractivity (Wildman–Crippen MR) is 74.2 cm³/mol. The maximum Gasteiger partial charge on any atom is 0.176 e. The summed E-state index contributed by atoms with van der Waals surface area (Å²) in [5.41, 5.74) is 4.19. The van der Waals surface area contributed by atoms with E-state index in [1.807, 2.05) is 6.26 Å². The number of rotatable bonds is 3. The van der Waals surface area contributed by atoms with Gasteiger partial charge in [-0.25, -0.2) is 0 Å². The standard InChI is InChI=1S/C11H16N4O2S/c1-7-10(17)9(8(6-16)4-13-7)5-14-15-11(12-2)18-3/h4-5,16-17H,6H2,1-3H3,(H,12,15)/b14-5+. The molecule has 0 aliphatic carbocycles. The van der Waals surface area contributed by atoms with E-state index in [0.29, 0.717) is 22.0 Å². The van der Waals surface area contributed by atoms with Crippen molar-refractivity contribution < 1.29 is 10.2 Å². The molecule has 0 spiro atoms. The highest BCUT2D eigenvalue weighted by Crippen LogP contribution is 2.21. The van der Waals surface area contributed by atoms with E-state index in [9.17, 15) is 10.2 Å². The second kappa shape index (κ2) is 6.97. The first-order chi connectivity index (χ1) is 8.63. The number of nitrogens with one attached hydrogen (secondary N) is 1. The van der Waals surface area contributed by atoms with Gasteiger partial charge in [-0.05, 0) is 13.2 Å². The van der Waals surface area contributed by atoms with Gasteiger partial charge in [-0.2, -0.15) is 5.10 Å². The lowest BCUT2D eigenvalue weighted by Crippen LogP contribution is -2.13. The second-order valence-electron chi connectivity index (χ2n) is 3.39. The third kappa shape index (κ3) is 3.44. The molecular weight excluding hydrogens is 252 g/mol. The van der Waals surface area contributed by atoms with Crippen LogP contribution in [0.5, 0.6) is 5.75 Å². The Labute approximate surface area is 110 Å². The first-order valence-corrected chi connectivity index (χ1v) is 6.44. The third-order valence-electron chi connectivity index (χ3n) is 2.28. The summed E-state index contributed by atoms with van der Waals surface area (Å²) in [6.07, 6.45) is 4.83. The molecule has 1 rings (SSSR count). The van der Waals surface area contributed by atoms with Crippen LogP contribution in [-0.2, 0) is 6.61 Å². The Hall–Kier alpha value is -1.60. The first kappa shape index (κ1) is 14.5. The minimum Gasteiger partial charge on any atom is -0.505 e. The van der Waals surface area contributed by atoms with E-state index in [-0.39, 0.29) is 12.4 Å². The molecule has 0 saturated heterocycles. The molecule has 0 saturated carbocycles. The fourth-order valence-corrected chi connectivity index (χ4v) is 1.59. The second-order valence-corrected chi connectivity index (χ2v) is 4.19. The highest BCUT2D eigenvalue weighted by atomic mass is 32.2. The van der Waals surface area contributed by atoms with Crippen molar-refractivity contribution in [2.45, 2.75) is 13.5 Å². The lowest BCUT2D eigenvalue weighted by Gasteiger charge is -2.07. The number of thioether (sulfide) groups is 1. The molecule has 0 aliphatic heterocycles. The number of nitrogens with zero attached hydrogens (tertiary/aromatic N) is 3. The molecule has 6 nitrogen and oxygen atoms in total. The van der Waals surface area contributed by atoms with Crippen molar-refractivity contribution >= 4 is 23.1 Å². The van der Waals surface area contributed by atoms with Crippen LogP contribution in [0.25, 0.3) is 0 Å². The average Bonchev–Trinajstić information content (AvgIpc) is 2.39. The molecule has 1 heterocycles. The number of aromatic nitrogens is 1. The Morgan fingerprint density at radius 3 is 2.89 bits per heavy atom. The summed E-state index contributed by atoms with van der Waals surface area (Å²) in [4.78, 5) is 7.92. The fraction of sp³-hybridized carbons (Fsp3) is 0.364. The van der Waals surface area contributed by atoms with E-state index in [4.69, 9.17) is 0 Å². The van der Waals surface area contributed by atoms with Gasteiger partial charge in [0.2, 0.25) is 0 Å². The van der Waals surface area contributed by atoms with Gasteiger partial charge in [0, 0.05) is 24.4 Å². The Morgan fingerprint density at radius 2 is 2.33 bits per heavy atom. The lowest BCUT2D eigenvalue weighted by atomic mass is 10.1. The smallest absolute Gasteiger partial charge is 0.176 e. The molecule has 0 fully saturated rings. The SMILES string of the molecule is CN=C(N/N=C/c1c(CO)cnc(C)c1O)SC. The minimum atomic E-state index is -0.209. The van der Waals surface area contributed by atoms with Crippen LogP contribution in [0.2, 0.25) is 0 Å². The fourth-order valence-electron chi connectivity index (χ4n) is 1.26. The van der Waals surface area contributed by atoms with Gasteiger partial charge in [-0.1, -0.05) is 11.8 Å². The molecule has 0 aliphatic rings. The molecule has 0 radical (unpaired) electrons. The van der Waals surface area contributed by atoms with E-state index in [1.165, 1.54) is 24.2 Å². The molecule has 3 N–H and O–H groups in total. The highest BCUT2D eigenvalue weighted by Gasteiger charge is 2.09. The summed E-state index contributed by atoms with van der Waals surface area (Å²) >= 11 is 1.42. The Bertz CT molecular complexity index is 474. The predicted octanol–water partition coefficient (Wildman–Crippen LogP) is 0.860. The lowest BCUT2D eigenvalue weighted by molar-refractivity contribution is 0.280. The summed E-state index contributed by atoms with van der Waals surface area (Å²) < 4.78 is 0. The van der Waals surface area contributed by atoms with Crippen LogP contribution in [-0.4, -0.2) is 39.9 Å². The van der Waals surface area contributed by atoms with Crippen LogP contribution in [0.3, 0.4) is 0 Å².